The Morgan fingerprint density at radius 3 is 2.60 bits per heavy atom. The number of amides is 1. The van der Waals surface area contributed by atoms with Crippen LogP contribution in [0, 0.1) is 18.7 Å². The van der Waals surface area contributed by atoms with Crippen molar-refractivity contribution in [2.75, 3.05) is 15.8 Å². The van der Waals surface area contributed by atoms with Gasteiger partial charge in [-0.2, -0.15) is 0 Å². The summed E-state index contributed by atoms with van der Waals surface area (Å²) >= 11 is 5.86. The van der Waals surface area contributed by atoms with Gasteiger partial charge in [-0.3, -0.25) is 9.52 Å². The molecule has 2 rings (SSSR count). The first-order valence-electron chi connectivity index (χ1n) is 7.49. The lowest BCUT2D eigenvalue weighted by atomic mass is 10.1. The topological polar surface area (TPSA) is 75.3 Å². The lowest BCUT2D eigenvalue weighted by Crippen LogP contribution is -2.30. The Balaban J connectivity index is 2.02. The molecule has 0 saturated heterocycles. The molecule has 0 aliphatic carbocycles. The number of carbonyl (C=O) groups is 1. The normalized spacial score (nSPS) is 12.5. The lowest BCUT2D eigenvalue weighted by molar-refractivity contribution is -0.118. The highest BCUT2D eigenvalue weighted by Gasteiger charge is 2.22. The van der Waals surface area contributed by atoms with E-state index in [0.717, 1.165) is 11.6 Å². The van der Waals surface area contributed by atoms with Gasteiger partial charge >= 0.3 is 0 Å². The monoisotopic (exact) mass is 384 g/mol. The molecular formula is C17H18ClFN2O3S. The minimum atomic E-state index is -3.80. The Kier molecular flexibility index (Phi) is 6.02. The number of aryl methyl sites for hydroxylation is 1. The highest BCUT2D eigenvalue weighted by molar-refractivity contribution is 7.92. The number of anilines is 2. The molecule has 0 fully saturated rings. The summed E-state index contributed by atoms with van der Waals surface area (Å²) in [6.07, 6.45) is 0. The zero-order valence-corrected chi connectivity index (χ0v) is 15.3. The number of benzene rings is 2. The second-order valence-electron chi connectivity index (χ2n) is 5.74. The van der Waals surface area contributed by atoms with Crippen LogP contribution in [-0.4, -0.2) is 20.1 Å². The Hall–Kier alpha value is -2.12. The van der Waals surface area contributed by atoms with Crippen molar-refractivity contribution in [2.45, 2.75) is 13.8 Å². The molecule has 25 heavy (non-hydrogen) atoms. The average Bonchev–Trinajstić information content (AvgIpc) is 2.49. The summed E-state index contributed by atoms with van der Waals surface area (Å²) in [6.45, 7) is 3.29. The Morgan fingerprint density at radius 2 is 1.96 bits per heavy atom. The molecule has 2 aromatic rings. The fourth-order valence-electron chi connectivity index (χ4n) is 2.20. The molecule has 0 aliphatic heterocycles. The Morgan fingerprint density at radius 1 is 1.24 bits per heavy atom. The quantitative estimate of drug-likeness (QED) is 0.795. The maximum Gasteiger partial charge on any atom is 0.233 e. The molecule has 0 spiro atoms. The van der Waals surface area contributed by atoms with Gasteiger partial charge in [0.25, 0.3) is 0 Å². The van der Waals surface area contributed by atoms with E-state index in [1.54, 1.807) is 25.1 Å². The predicted octanol–water partition coefficient (Wildman–Crippen LogP) is 3.80. The zero-order chi connectivity index (χ0) is 18.6. The molecule has 8 heteroatoms. The fourth-order valence-corrected chi connectivity index (χ4v) is 3.81. The summed E-state index contributed by atoms with van der Waals surface area (Å²) in [7, 11) is -3.80. The van der Waals surface area contributed by atoms with E-state index in [9.17, 15) is 17.6 Å². The van der Waals surface area contributed by atoms with Gasteiger partial charge in [0.2, 0.25) is 15.9 Å². The second-order valence-corrected chi connectivity index (χ2v) is 7.95. The van der Waals surface area contributed by atoms with E-state index in [1.807, 2.05) is 0 Å². The van der Waals surface area contributed by atoms with Gasteiger partial charge in [0.1, 0.15) is 5.82 Å². The number of halogens is 2. The van der Waals surface area contributed by atoms with Crippen molar-refractivity contribution in [3.8, 4) is 0 Å². The van der Waals surface area contributed by atoms with E-state index >= 15 is 0 Å². The zero-order valence-electron chi connectivity index (χ0n) is 13.7. The number of nitrogens with one attached hydrogen (secondary N) is 2. The standard InChI is InChI=1S/C17H18ClFN2O3S/c1-11-8-13(18)6-7-16(11)20-17(22)12(2)10-25(23,24)21-15-5-3-4-14(19)9-15/h3-9,12,21H,10H2,1-2H3,(H,20,22). The Labute approximate surface area is 151 Å². The first-order chi connectivity index (χ1) is 11.7. The molecule has 0 aromatic heterocycles. The Bertz CT molecular complexity index is 887. The molecule has 0 radical (unpaired) electrons. The number of hydrogen-bond donors (Lipinski definition) is 2. The molecule has 2 N–H and O–H groups in total. The summed E-state index contributed by atoms with van der Waals surface area (Å²) in [5.41, 5.74) is 1.45. The first kappa shape index (κ1) is 19.2. The van der Waals surface area contributed by atoms with Crippen LogP contribution in [0.15, 0.2) is 42.5 Å². The van der Waals surface area contributed by atoms with Crippen LogP contribution in [0.4, 0.5) is 15.8 Å². The summed E-state index contributed by atoms with van der Waals surface area (Å²) in [5, 5.41) is 3.23. The third-order valence-electron chi connectivity index (χ3n) is 3.46. The molecule has 1 amide bonds. The van der Waals surface area contributed by atoms with Gasteiger partial charge in [-0.05, 0) is 48.9 Å². The van der Waals surface area contributed by atoms with E-state index in [2.05, 4.69) is 10.0 Å². The number of rotatable bonds is 6. The summed E-state index contributed by atoms with van der Waals surface area (Å²) in [6, 6.07) is 10.1. The highest BCUT2D eigenvalue weighted by atomic mass is 35.5. The summed E-state index contributed by atoms with van der Waals surface area (Å²) < 4.78 is 39.7. The maximum absolute atomic E-state index is 13.1. The molecule has 1 unspecified atom stereocenters. The van der Waals surface area contributed by atoms with Gasteiger partial charge in [0.15, 0.2) is 0 Å². The first-order valence-corrected chi connectivity index (χ1v) is 9.52. The van der Waals surface area contributed by atoms with Crippen LogP contribution in [0.1, 0.15) is 12.5 Å². The number of carbonyl (C=O) groups excluding carboxylic acids is 1. The summed E-state index contributed by atoms with van der Waals surface area (Å²) in [5.74, 6) is -2.22. The predicted molar refractivity (Wildman–Crippen MR) is 97.8 cm³/mol. The van der Waals surface area contributed by atoms with E-state index in [0.29, 0.717) is 10.7 Å². The van der Waals surface area contributed by atoms with E-state index < -0.39 is 33.4 Å². The third kappa shape index (κ3) is 5.72. The molecule has 134 valence electrons. The highest BCUT2D eigenvalue weighted by Crippen LogP contribution is 2.20. The van der Waals surface area contributed by atoms with Crippen LogP contribution in [0.25, 0.3) is 0 Å². The van der Waals surface area contributed by atoms with Crippen molar-refractivity contribution in [2.24, 2.45) is 5.92 Å². The second kappa shape index (κ2) is 7.84. The molecule has 0 heterocycles. The minimum absolute atomic E-state index is 0.112. The van der Waals surface area contributed by atoms with Crippen molar-refractivity contribution in [3.05, 3.63) is 58.9 Å². The van der Waals surface area contributed by atoms with Crippen molar-refractivity contribution in [1.82, 2.24) is 0 Å². The van der Waals surface area contributed by atoms with Crippen LogP contribution in [0.5, 0.6) is 0 Å². The SMILES string of the molecule is Cc1cc(Cl)ccc1NC(=O)C(C)CS(=O)(=O)Nc1cccc(F)c1. The van der Waals surface area contributed by atoms with Crippen LogP contribution in [-0.2, 0) is 14.8 Å². The van der Waals surface area contributed by atoms with Gasteiger partial charge in [-0.25, -0.2) is 12.8 Å². The van der Waals surface area contributed by atoms with E-state index in [4.69, 9.17) is 11.6 Å². The van der Waals surface area contributed by atoms with Gasteiger partial charge in [-0.1, -0.05) is 24.6 Å². The van der Waals surface area contributed by atoms with Crippen molar-refractivity contribution in [1.29, 1.82) is 0 Å². The third-order valence-corrected chi connectivity index (χ3v) is 5.18. The van der Waals surface area contributed by atoms with Crippen LogP contribution in [0.2, 0.25) is 5.02 Å². The maximum atomic E-state index is 13.1. The molecule has 5 nitrogen and oxygen atoms in total. The molecule has 0 aliphatic rings. The van der Waals surface area contributed by atoms with Crippen molar-refractivity contribution < 1.29 is 17.6 Å². The largest absolute Gasteiger partial charge is 0.326 e. The van der Waals surface area contributed by atoms with Gasteiger partial charge in [0, 0.05) is 10.7 Å². The fraction of sp³-hybridized carbons (Fsp3) is 0.235. The smallest absolute Gasteiger partial charge is 0.233 e. The number of sulfonamides is 1. The van der Waals surface area contributed by atoms with E-state index in [1.165, 1.54) is 25.1 Å². The van der Waals surface area contributed by atoms with Crippen molar-refractivity contribution in [3.63, 3.8) is 0 Å². The lowest BCUT2D eigenvalue weighted by Gasteiger charge is -2.15. The molecule has 0 saturated carbocycles. The number of hydrogen-bond acceptors (Lipinski definition) is 3. The van der Waals surface area contributed by atoms with Gasteiger partial charge < -0.3 is 5.32 Å². The van der Waals surface area contributed by atoms with Crippen LogP contribution < -0.4 is 10.0 Å². The molecular weight excluding hydrogens is 367 g/mol. The van der Waals surface area contributed by atoms with Gasteiger partial charge in [-0.15, -0.1) is 0 Å². The van der Waals surface area contributed by atoms with Crippen molar-refractivity contribution >= 4 is 38.9 Å². The van der Waals surface area contributed by atoms with Gasteiger partial charge in [0.05, 0.1) is 17.4 Å². The van der Waals surface area contributed by atoms with Crippen LogP contribution >= 0.6 is 11.6 Å². The molecule has 2 aromatic carbocycles. The minimum Gasteiger partial charge on any atom is -0.326 e. The molecule has 1 atom stereocenters. The average molecular weight is 385 g/mol. The van der Waals surface area contributed by atoms with Crippen LogP contribution in [0.3, 0.4) is 0 Å². The van der Waals surface area contributed by atoms with E-state index in [-0.39, 0.29) is 5.69 Å². The summed E-state index contributed by atoms with van der Waals surface area (Å²) in [4.78, 5) is 12.2. The molecule has 0 bridgehead atoms.